The molecule has 1 aromatic heterocycles. The van der Waals surface area contributed by atoms with E-state index in [1.807, 2.05) is 19.1 Å². The number of pyridine rings is 1. The van der Waals surface area contributed by atoms with Crippen molar-refractivity contribution in [1.82, 2.24) is 4.98 Å². The number of nitrogens with zero attached hydrogens (tertiary/aromatic N) is 1. The number of aryl methyl sites for hydroxylation is 1. The van der Waals surface area contributed by atoms with Crippen LogP contribution in [-0.2, 0) is 5.41 Å². The molecule has 0 aliphatic rings. The summed E-state index contributed by atoms with van der Waals surface area (Å²) in [5, 5.41) is 0. The van der Waals surface area contributed by atoms with Crippen LogP contribution in [0.3, 0.4) is 0 Å². The molecule has 0 aliphatic heterocycles. The van der Waals surface area contributed by atoms with Crippen LogP contribution in [-0.4, -0.2) is 17.9 Å². The van der Waals surface area contributed by atoms with Gasteiger partial charge in [0.15, 0.2) is 5.78 Å². The van der Waals surface area contributed by atoms with Crippen molar-refractivity contribution < 1.29 is 13.9 Å². The first-order valence-corrected chi connectivity index (χ1v) is 6.68. The maximum atomic E-state index is 14.1. The molecule has 0 saturated carbocycles. The maximum absolute atomic E-state index is 14.1. The molecular weight excluding hydrogens is 269 g/mol. The summed E-state index contributed by atoms with van der Waals surface area (Å²) in [5.74, 6) is -0.503. The van der Waals surface area contributed by atoms with Crippen molar-refractivity contribution in [1.29, 1.82) is 0 Å². The molecule has 0 radical (unpaired) electrons. The fourth-order valence-electron chi connectivity index (χ4n) is 2.15. The van der Waals surface area contributed by atoms with E-state index in [1.54, 1.807) is 26.0 Å². The van der Waals surface area contributed by atoms with Crippen molar-refractivity contribution in [3.8, 4) is 5.75 Å². The van der Waals surface area contributed by atoms with Gasteiger partial charge in [-0.2, -0.15) is 0 Å². The largest absolute Gasteiger partial charge is 0.497 e. The van der Waals surface area contributed by atoms with Crippen molar-refractivity contribution >= 4 is 5.78 Å². The van der Waals surface area contributed by atoms with E-state index in [2.05, 4.69) is 4.98 Å². The van der Waals surface area contributed by atoms with E-state index >= 15 is 0 Å². The van der Waals surface area contributed by atoms with Crippen LogP contribution < -0.4 is 4.74 Å². The number of methoxy groups -OCH3 is 1. The van der Waals surface area contributed by atoms with Crippen molar-refractivity contribution in [3.63, 3.8) is 0 Å². The number of rotatable bonds is 4. The number of benzene rings is 1. The number of ether oxygens (including phenoxy) is 1. The standard InChI is InChI=1S/C17H18FNO2/c1-11-6-5-7-15(19-11)17(2,3)16(20)13-9-8-12(21-4)10-14(13)18/h5-10H,1-4H3. The molecule has 0 aliphatic carbocycles. The molecular formula is C17H18FNO2. The molecule has 1 heterocycles. The second-order valence-electron chi connectivity index (χ2n) is 5.46. The quantitative estimate of drug-likeness (QED) is 0.805. The average molecular weight is 287 g/mol. The Morgan fingerprint density at radius 2 is 1.95 bits per heavy atom. The van der Waals surface area contributed by atoms with Gasteiger partial charge in [-0.1, -0.05) is 6.07 Å². The molecule has 2 rings (SSSR count). The zero-order chi connectivity index (χ0) is 15.6. The summed E-state index contributed by atoms with van der Waals surface area (Å²) in [6, 6.07) is 9.73. The zero-order valence-corrected chi connectivity index (χ0v) is 12.6. The van der Waals surface area contributed by atoms with Gasteiger partial charge in [0.05, 0.1) is 23.8 Å². The number of carbonyl (C=O) groups is 1. The molecule has 0 spiro atoms. The Morgan fingerprint density at radius 1 is 1.24 bits per heavy atom. The topological polar surface area (TPSA) is 39.2 Å². The summed E-state index contributed by atoms with van der Waals surface area (Å²) in [7, 11) is 1.46. The van der Waals surface area contributed by atoms with E-state index < -0.39 is 11.2 Å². The molecule has 0 amide bonds. The Morgan fingerprint density at radius 3 is 2.52 bits per heavy atom. The highest BCUT2D eigenvalue weighted by atomic mass is 19.1. The van der Waals surface area contributed by atoms with E-state index in [9.17, 15) is 9.18 Å². The van der Waals surface area contributed by atoms with E-state index in [1.165, 1.54) is 19.2 Å². The van der Waals surface area contributed by atoms with Gasteiger partial charge in [0.1, 0.15) is 11.6 Å². The minimum absolute atomic E-state index is 0.0455. The summed E-state index contributed by atoms with van der Waals surface area (Å²) < 4.78 is 19.0. The summed E-state index contributed by atoms with van der Waals surface area (Å²) in [6.07, 6.45) is 0. The molecule has 0 fully saturated rings. The van der Waals surface area contributed by atoms with E-state index in [4.69, 9.17) is 4.74 Å². The van der Waals surface area contributed by atoms with Crippen molar-refractivity contribution in [2.45, 2.75) is 26.2 Å². The van der Waals surface area contributed by atoms with Crippen molar-refractivity contribution in [2.75, 3.05) is 7.11 Å². The van der Waals surface area contributed by atoms with Gasteiger partial charge in [-0.3, -0.25) is 9.78 Å². The number of hydrogen-bond acceptors (Lipinski definition) is 3. The zero-order valence-electron chi connectivity index (χ0n) is 12.6. The van der Waals surface area contributed by atoms with Crippen LogP contribution in [0, 0.1) is 12.7 Å². The van der Waals surface area contributed by atoms with Crippen molar-refractivity contribution in [2.24, 2.45) is 0 Å². The third kappa shape index (κ3) is 2.94. The van der Waals surface area contributed by atoms with E-state index in [-0.39, 0.29) is 11.3 Å². The van der Waals surface area contributed by atoms with Crippen LogP contribution in [0.5, 0.6) is 5.75 Å². The number of aromatic nitrogens is 1. The van der Waals surface area contributed by atoms with Gasteiger partial charge in [-0.25, -0.2) is 4.39 Å². The van der Waals surface area contributed by atoms with E-state index in [0.29, 0.717) is 11.4 Å². The lowest BCUT2D eigenvalue weighted by Crippen LogP contribution is -2.31. The molecule has 0 unspecified atom stereocenters. The van der Waals surface area contributed by atoms with E-state index in [0.717, 1.165) is 5.69 Å². The molecule has 0 bridgehead atoms. The van der Waals surface area contributed by atoms with Gasteiger partial charge in [-0.05, 0) is 45.0 Å². The highest BCUT2D eigenvalue weighted by molar-refractivity contribution is 6.03. The Kier molecular flexibility index (Phi) is 4.07. The fourth-order valence-corrected chi connectivity index (χ4v) is 2.15. The van der Waals surface area contributed by atoms with Gasteiger partial charge in [-0.15, -0.1) is 0 Å². The summed E-state index contributed by atoms with van der Waals surface area (Å²) in [4.78, 5) is 17.1. The highest BCUT2D eigenvalue weighted by Crippen LogP contribution is 2.28. The number of ketones is 1. The third-order valence-electron chi connectivity index (χ3n) is 3.52. The lowest BCUT2D eigenvalue weighted by Gasteiger charge is -2.23. The van der Waals surface area contributed by atoms with Gasteiger partial charge in [0.25, 0.3) is 0 Å². The fraction of sp³-hybridized carbons (Fsp3) is 0.294. The number of halogens is 1. The van der Waals surface area contributed by atoms with Crippen LogP contribution in [0.25, 0.3) is 0 Å². The summed E-state index contributed by atoms with van der Waals surface area (Å²) in [5.41, 5.74) is 0.594. The predicted octanol–water partition coefficient (Wildman–Crippen LogP) is 3.70. The smallest absolute Gasteiger partial charge is 0.177 e. The minimum Gasteiger partial charge on any atom is -0.497 e. The SMILES string of the molecule is COc1ccc(C(=O)C(C)(C)c2cccc(C)n2)c(F)c1. The van der Waals surface area contributed by atoms with Crippen LogP contribution in [0.15, 0.2) is 36.4 Å². The molecule has 21 heavy (non-hydrogen) atoms. The molecule has 2 aromatic rings. The molecule has 1 aromatic carbocycles. The molecule has 0 saturated heterocycles. The first kappa shape index (κ1) is 15.2. The van der Waals surface area contributed by atoms with Crippen LogP contribution in [0.1, 0.15) is 35.6 Å². The Hall–Kier alpha value is -2.23. The lowest BCUT2D eigenvalue weighted by atomic mass is 9.80. The highest BCUT2D eigenvalue weighted by Gasteiger charge is 2.33. The summed E-state index contributed by atoms with van der Waals surface area (Å²) in [6.45, 7) is 5.36. The van der Waals surface area contributed by atoms with Gasteiger partial charge >= 0.3 is 0 Å². The second-order valence-corrected chi connectivity index (χ2v) is 5.46. The Labute approximate surface area is 123 Å². The first-order valence-electron chi connectivity index (χ1n) is 6.68. The van der Waals surface area contributed by atoms with Gasteiger partial charge in [0, 0.05) is 11.8 Å². The average Bonchev–Trinajstić information content (AvgIpc) is 2.46. The normalized spacial score (nSPS) is 11.3. The first-order chi connectivity index (χ1) is 9.86. The minimum atomic E-state index is -0.901. The Balaban J connectivity index is 2.43. The predicted molar refractivity (Wildman–Crippen MR) is 79.3 cm³/mol. The maximum Gasteiger partial charge on any atom is 0.177 e. The number of Topliss-reactive ketones (excluding diaryl/α,β-unsaturated/α-hetero) is 1. The third-order valence-corrected chi connectivity index (χ3v) is 3.52. The summed E-state index contributed by atoms with van der Waals surface area (Å²) >= 11 is 0. The number of hydrogen-bond donors (Lipinski definition) is 0. The molecule has 3 nitrogen and oxygen atoms in total. The van der Waals surface area contributed by atoms with Gasteiger partial charge < -0.3 is 4.74 Å². The van der Waals surface area contributed by atoms with Crippen LogP contribution in [0.4, 0.5) is 4.39 Å². The molecule has 4 heteroatoms. The molecule has 0 N–H and O–H groups in total. The molecule has 0 atom stereocenters. The van der Waals surface area contributed by atoms with Crippen molar-refractivity contribution in [3.05, 3.63) is 59.2 Å². The van der Waals surface area contributed by atoms with Crippen LogP contribution in [0.2, 0.25) is 0 Å². The second kappa shape index (κ2) is 5.64. The van der Waals surface area contributed by atoms with Gasteiger partial charge in [0.2, 0.25) is 0 Å². The molecule has 110 valence electrons. The lowest BCUT2D eigenvalue weighted by molar-refractivity contribution is 0.0901. The number of carbonyl (C=O) groups excluding carboxylic acids is 1. The monoisotopic (exact) mass is 287 g/mol. The van der Waals surface area contributed by atoms with Crippen LogP contribution >= 0.6 is 0 Å². The Bertz CT molecular complexity index is 680.